The van der Waals surface area contributed by atoms with Crippen LogP contribution in [0.4, 0.5) is 0 Å². The molecule has 0 saturated carbocycles. The molecule has 2 aromatic heterocycles. The van der Waals surface area contributed by atoms with E-state index in [2.05, 4.69) is 5.10 Å². The van der Waals surface area contributed by atoms with Gasteiger partial charge in [-0.3, -0.25) is 9.36 Å². The zero-order valence-corrected chi connectivity index (χ0v) is 20.8. The maximum atomic E-state index is 13.7. The minimum atomic E-state index is -0.503. The fourth-order valence-electron chi connectivity index (χ4n) is 4.07. The predicted molar refractivity (Wildman–Crippen MR) is 137 cm³/mol. The zero-order chi connectivity index (χ0) is 24.9. The van der Waals surface area contributed by atoms with Crippen LogP contribution in [0.15, 0.2) is 65.6 Å². The number of hydrogen-bond donors (Lipinski definition) is 1. The smallest absolute Gasteiger partial charge is 0.330 e. The summed E-state index contributed by atoms with van der Waals surface area (Å²) in [6, 6.07) is 15.8. The number of nitrogens with zero attached hydrogens (tertiary/aromatic N) is 5. The van der Waals surface area contributed by atoms with E-state index < -0.39 is 6.04 Å². The lowest BCUT2D eigenvalue weighted by Crippen LogP contribution is -2.41. The molecular weight excluding hydrogens is 487 g/mol. The highest BCUT2D eigenvalue weighted by molar-refractivity contribution is 6.33. The summed E-state index contributed by atoms with van der Waals surface area (Å²) < 4.78 is 2.75. The van der Waals surface area contributed by atoms with Gasteiger partial charge in [-0.15, -0.1) is 0 Å². The summed E-state index contributed by atoms with van der Waals surface area (Å²) in [5.41, 5.74) is 7.09. The molecule has 0 fully saturated rings. The van der Waals surface area contributed by atoms with Gasteiger partial charge in [-0.1, -0.05) is 60.5 Å². The number of aromatic nitrogens is 4. The second-order valence-corrected chi connectivity index (χ2v) is 8.97. The lowest BCUT2D eigenvalue weighted by Gasteiger charge is -2.32. The molecule has 10 heteroatoms. The zero-order valence-electron chi connectivity index (χ0n) is 19.3. The normalized spacial score (nSPS) is 12.1. The molecule has 2 N–H and O–H groups in total. The van der Waals surface area contributed by atoms with Crippen LogP contribution in [0.2, 0.25) is 10.0 Å². The molecule has 2 aromatic carbocycles. The number of hydrogen-bond acceptors (Lipinski definition) is 5. The van der Waals surface area contributed by atoms with E-state index in [-0.39, 0.29) is 28.8 Å². The Morgan fingerprint density at radius 2 is 1.83 bits per heavy atom. The SMILES string of the molecule is CC[C@H](c1nc2c(Cl)cnn2c(=O)n1Cc1ccccc1)N(CCCN)C(=O)c1ccc(Cl)cc1. The molecule has 8 nitrogen and oxygen atoms in total. The largest absolute Gasteiger partial charge is 0.352 e. The summed E-state index contributed by atoms with van der Waals surface area (Å²) in [6.45, 7) is 3.04. The summed E-state index contributed by atoms with van der Waals surface area (Å²) in [5, 5.41) is 4.92. The van der Waals surface area contributed by atoms with E-state index in [1.165, 1.54) is 10.7 Å². The van der Waals surface area contributed by atoms with Crippen molar-refractivity contribution in [2.24, 2.45) is 5.73 Å². The van der Waals surface area contributed by atoms with Crippen molar-refractivity contribution >= 4 is 34.8 Å². The molecule has 0 aliphatic heterocycles. The molecule has 4 aromatic rings. The van der Waals surface area contributed by atoms with E-state index in [4.69, 9.17) is 33.9 Å². The topological polar surface area (TPSA) is 98.5 Å². The first-order chi connectivity index (χ1) is 16.9. The van der Waals surface area contributed by atoms with Gasteiger partial charge in [0.25, 0.3) is 5.91 Å². The molecule has 0 aliphatic carbocycles. The molecule has 1 atom stereocenters. The van der Waals surface area contributed by atoms with Crippen LogP contribution in [0.3, 0.4) is 0 Å². The molecular formula is C25H26Cl2N6O2. The second-order valence-electron chi connectivity index (χ2n) is 8.12. The number of carbonyl (C=O) groups is 1. The van der Waals surface area contributed by atoms with Crippen LogP contribution in [0, 0.1) is 0 Å². The first-order valence-corrected chi connectivity index (χ1v) is 12.1. The van der Waals surface area contributed by atoms with E-state index in [0.717, 1.165) is 5.56 Å². The number of nitrogens with two attached hydrogens (primary N) is 1. The third-order valence-electron chi connectivity index (χ3n) is 5.81. The van der Waals surface area contributed by atoms with Crippen LogP contribution in [0.25, 0.3) is 5.65 Å². The van der Waals surface area contributed by atoms with Gasteiger partial charge in [-0.2, -0.15) is 9.61 Å². The molecule has 0 unspecified atom stereocenters. The molecule has 0 bridgehead atoms. The Balaban J connectivity index is 1.87. The van der Waals surface area contributed by atoms with Crippen molar-refractivity contribution in [2.45, 2.75) is 32.4 Å². The van der Waals surface area contributed by atoms with Crippen LogP contribution in [-0.2, 0) is 6.54 Å². The van der Waals surface area contributed by atoms with Crippen LogP contribution in [0.5, 0.6) is 0 Å². The maximum Gasteiger partial charge on any atom is 0.352 e. The van der Waals surface area contributed by atoms with Gasteiger partial charge in [0.2, 0.25) is 0 Å². The minimum absolute atomic E-state index is 0.193. The van der Waals surface area contributed by atoms with Crippen LogP contribution < -0.4 is 11.4 Å². The molecule has 182 valence electrons. The van der Waals surface area contributed by atoms with Crippen molar-refractivity contribution in [2.75, 3.05) is 13.1 Å². The van der Waals surface area contributed by atoms with Gasteiger partial charge in [0, 0.05) is 17.1 Å². The monoisotopic (exact) mass is 512 g/mol. The molecule has 1 amide bonds. The highest BCUT2D eigenvalue weighted by atomic mass is 35.5. The summed E-state index contributed by atoms with van der Waals surface area (Å²) in [5.74, 6) is 0.248. The number of carbonyl (C=O) groups excluding carboxylic acids is 1. The van der Waals surface area contributed by atoms with Gasteiger partial charge < -0.3 is 10.6 Å². The van der Waals surface area contributed by atoms with Gasteiger partial charge in [-0.05, 0) is 49.2 Å². The Kier molecular flexibility index (Phi) is 7.85. The molecule has 35 heavy (non-hydrogen) atoms. The van der Waals surface area contributed by atoms with Crippen molar-refractivity contribution in [3.8, 4) is 0 Å². The lowest BCUT2D eigenvalue weighted by molar-refractivity contribution is 0.0655. The molecule has 2 heterocycles. The molecule has 4 rings (SSSR count). The number of benzene rings is 2. The third kappa shape index (κ3) is 5.24. The molecule has 0 saturated heterocycles. The van der Waals surface area contributed by atoms with Crippen molar-refractivity contribution in [3.05, 3.63) is 98.3 Å². The van der Waals surface area contributed by atoms with Gasteiger partial charge in [0.1, 0.15) is 10.8 Å². The first-order valence-electron chi connectivity index (χ1n) is 11.4. The van der Waals surface area contributed by atoms with E-state index in [0.29, 0.717) is 42.3 Å². The Hall–Kier alpha value is -3.20. The number of halogens is 2. The van der Waals surface area contributed by atoms with E-state index in [1.54, 1.807) is 33.7 Å². The minimum Gasteiger partial charge on any atom is -0.330 e. The van der Waals surface area contributed by atoms with E-state index in [1.807, 2.05) is 37.3 Å². The first kappa shape index (κ1) is 24.9. The Morgan fingerprint density at radius 1 is 1.11 bits per heavy atom. The van der Waals surface area contributed by atoms with Crippen molar-refractivity contribution in [3.63, 3.8) is 0 Å². The van der Waals surface area contributed by atoms with Gasteiger partial charge in [0.05, 0.1) is 18.8 Å². The van der Waals surface area contributed by atoms with Crippen LogP contribution in [0.1, 0.15) is 47.6 Å². The van der Waals surface area contributed by atoms with E-state index >= 15 is 0 Å². The average molecular weight is 513 g/mol. The summed E-state index contributed by atoms with van der Waals surface area (Å²) in [4.78, 5) is 33.7. The quantitative estimate of drug-likeness (QED) is 0.362. The van der Waals surface area contributed by atoms with Crippen LogP contribution in [-0.4, -0.2) is 43.1 Å². The highest BCUT2D eigenvalue weighted by Crippen LogP contribution is 2.27. The van der Waals surface area contributed by atoms with Crippen molar-refractivity contribution in [1.82, 2.24) is 24.1 Å². The Bertz CT molecular complexity index is 1370. The Morgan fingerprint density at radius 3 is 2.49 bits per heavy atom. The summed E-state index contributed by atoms with van der Waals surface area (Å²) in [7, 11) is 0. The number of rotatable bonds is 9. The maximum absolute atomic E-state index is 13.7. The summed E-state index contributed by atoms with van der Waals surface area (Å²) in [6.07, 6.45) is 2.51. The average Bonchev–Trinajstić information content (AvgIpc) is 3.25. The van der Waals surface area contributed by atoms with Gasteiger partial charge in [0.15, 0.2) is 5.65 Å². The lowest BCUT2D eigenvalue weighted by atomic mass is 10.1. The van der Waals surface area contributed by atoms with Crippen molar-refractivity contribution in [1.29, 1.82) is 0 Å². The molecule has 0 aliphatic rings. The van der Waals surface area contributed by atoms with Gasteiger partial charge >= 0.3 is 5.69 Å². The summed E-state index contributed by atoms with van der Waals surface area (Å²) >= 11 is 12.3. The highest BCUT2D eigenvalue weighted by Gasteiger charge is 2.29. The molecule has 0 spiro atoms. The number of fused-ring (bicyclic) bond motifs is 1. The van der Waals surface area contributed by atoms with E-state index in [9.17, 15) is 9.59 Å². The fourth-order valence-corrected chi connectivity index (χ4v) is 4.37. The predicted octanol–water partition coefficient (Wildman–Crippen LogP) is 4.19. The molecule has 0 radical (unpaired) electrons. The fraction of sp³-hybridized carbons (Fsp3) is 0.280. The Labute approximate surface area is 212 Å². The standard InChI is InChI=1S/C25H26Cl2N6O2/c1-2-21(31(14-6-13-28)24(34)18-9-11-19(26)12-10-18)23-30-22-20(27)15-29-33(22)25(35)32(23)16-17-7-4-3-5-8-17/h3-5,7-12,15,21H,2,6,13-14,16,28H2,1H3/t21-/m1/s1. The van der Waals surface area contributed by atoms with Crippen molar-refractivity contribution < 1.29 is 4.79 Å². The second kappa shape index (κ2) is 11.0. The third-order valence-corrected chi connectivity index (χ3v) is 6.33. The number of amides is 1. The van der Waals surface area contributed by atoms with Gasteiger partial charge in [-0.25, -0.2) is 9.78 Å². The van der Waals surface area contributed by atoms with Crippen LogP contribution >= 0.6 is 23.2 Å².